The molecule has 3 heteroatoms. The maximum Gasteiger partial charge on any atom is 0.253 e. The molecule has 1 saturated heterocycles. The van der Waals surface area contributed by atoms with Crippen LogP contribution in [0.1, 0.15) is 30.6 Å². The van der Waals surface area contributed by atoms with Crippen LogP contribution in [0.2, 0.25) is 0 Å². The molecule has 0 aliphatic carbocycles. The minimum atomic E-state index is 0.107. The smallest absolute Gasteiger partial charge is 0.253 e. The Morgan fingerprint density at radius 2 is 1.94 bits per heavy atom. The van der Waals surface area contributed by atoms with Crippen LogP contribution < -0.4 is 5.73 Å². The van der Waals surface area contributed by atoms with Crippen molar-refractivity contribution in [3.05, 3.63) is 29.8 Å². The van der Waals surface area contributed by atoms with Crippen molar-refractivity contribution in [2.45, 2.75) is 20.3 Å². The first-order valence-corrected chi connectivity index (χ1v) is 6.21. The molecule has 2 atom stereocenters. The molecule has 92 valence electrons. The van der Waals surface area contributed by atoms with E-state index >= 15 is 0 Å². The molecule has 0 aromatic heterocycles. The highest BCUT2D eigenvalue weighted by atomic mass is 16.2. The summed E-state index contributed by atoms with van der Waals surface area (Å²) in [5.74, 6) is 1.28. The number of nitrogens with two attached hydrogens (primary N) is 1. The fourth-order valence-corrected chi connectivity index (χ4v) is 2.68. The van der Waals surface area contributed by atoms with E-state index in [4.69, 9.17) is 5.73 Å². The van der Waals surface area contributed by atoms with Crippen LogP contribution in [0.15, 0.2) is 24.3 Å². The summed E-state index contributed by atoms with van der Waals surface area (Å²) < 4.78 is 0. The molecule has 1 aromatic carbocycles. The summed E-state index contributed by atoms with van der Waals surface area (Å²) >= 11 is 0. The van der Waals surface area contributed by atoms with Crippen molar-refractivity contribution in [2.24, 2.45) is 11.8 Å². The zero-order valence-corrected chi connectivity index (χ0v) is 10.5. The van der Waals surface area contributed by atoms with Gasteiger partial charge >= 0.3 is 0 Å². The third-order valence-electron chi connectivity index (χ3n) is 3.29. The standard InChI is InChI=1S/C14H20N2O/c1-10-6-11(2)9-16(8-10)14(17)12-4-3-5-13(15)7-12/h3-5,7,10-11H,6,8-9,15H2,1-2H3. The van der Waals surface area contributed by atoms with Gasteiger partial charge in [-0.05, 0) is 36.5 Å². The Morgan fingerprint density at radius 3 is 2.53 bits per heavy atom. The van der Waals surface area contributed by atoms with Crippen LogP contribution in [0.25, 0.3) is 0 Å². The molecule has 2 unspecified atom stereocenters. The third kappa shape index (κ3) is 2.78. The average Bonchev–Trinajstić information content (AvgIpc) is 2.26. The van der Waals surface area contributed by atoms with Crippen LogP contribution in [0.4, 0.5) is 5.69 Å². The van der Waals surface area contributed by atoms with E-state index in [1.54, 1.807) is 12.1 Å². The highest BCUT2D eigenvalue weighted by molar-refractivity contribution is 5.95. The van der Waals surface area contributed by atoms with E-state index in [1.807, 2.05) is 17.0 Å². The molecular formula is C14H20N2O. The van der Waals surface area contributed by atoms with E-state index in [1.165, 1.54) is 6.42 Å². The topological polar surface area (TPSA) is 46.3 Å². The molecule has 0 radical (unpaired) electrons. The van der Waals surface area contributed by atoms with Crippen LogP contribution in [0, 0.1) is 11.8 Å². The fourth-order valence-electron chi connectivity index (χ4n) is 2.68. The fraction of sp³-hybridized carbons (Fsp3) is 0.500. The molecule has 1 aromatic rings. The molecule has 1 amide bonds. The number of hydrogen-bond donors (Lipinski definition) is 1. The van der Waals surface area contributed by atoms with Gasteiger partial charge in [-0.15, -0.1) is 0 Å². The number of anilines is 1. The summed E-state index contributed by atoms with van der Waals surface area (Å²) in [7, 11) is 0. The molecule has 1 aliphatic rings. The van der Waals surface area contributed by atoms with Crippen LogP contribution >= 0.6 is 0 Å². The first-order chi connectivity index (χ1) is 8.06. The summed E-state index contributed by atoms with van der Waals surface area (Å²) in [5.41, 5.74) is 7.06. The molecule has 1 aliphatic heterocycles. The largest absolute Gasteiger partial charge is 0.399 e. The van der Waals surface area contributed by atoms with E-state index < -0.39 is 0 Å². The quantitative estimate of drug-likeness (QED) is 0.756. The van der Waals surface area contributed by atoms with Crippen molar-refractivity contribution in [1.29, 1.82) is 0 Å². The van der Waals surface area contributed by atoms with Gasteiger partial charge in [0, 0.05) is 24.3 Å². The maximum atomic E-state index is 12.3. The van der Waals surface area contributed by atoms with E-state index in [0.717, 1.165) is 13.1 Å². The van der Waals surface area contributed by atoms with Crippen molar-refractivity contribution in [1.82, 2.24) is 4.90 Å². The van der Waals surface area contributed by atoms with Gasteiger partial charge in [0.1, 0.15) is 0 Å². The zero-order chi connectivity index (χ0) is 12.4. The molecule has 17 heavy (non-hydrogen) atoms. The lowest BCUT2D eigenvalue weighted by atomic mass is 9.91. The molecule has 0 spiro atoms. The van der Waals surface area contributed by atoms with Gasteiger partial charge in [0.05, 0.1) is 0 Å². The zero-order valence-electron chi connectivity index (χ0n) is 10.5. The predicted octanol–water partition coefficient (Wildman–Crippen LogP) is 2.39. The predicted molar refractivity (Wildman–Crippen MR) is 69.7 cm³/mol. The van der Waals surface area contributed by atoms with E-state index in [0.29, 0.717) is 23.1 Å². The highest BCUT2D eigenvalue weighted by Gasteiger charge is 2.25. The summed E-state index contributed by atoms with van der Waals surface area (Å²) in [6.45, 7) is 6.13. The molecule has 0 bridgehead atoms. The number of rotatable bonds is 1. The number of carbonyl (C=O) groups excluding carboxylic acids is 1. The monoisotopic (exact) mass is 232 g/mol. The molecule has 2 rings (SSSR count). The number of hydrogen-bond acceptors (Lipinski definition) is 2. The minimum Gasteiger partial charge on any atom is -0.399 e. The maximum absolute atomic E-state index is 12.3. The number of nitrogen functional groups attached to an aromatic ring is 1. The second-order valence-corrected chi connectivity index (χ2v) is 5.28. The number of amides is 1. The van der Waals surface area contributed by atoms with Crippen molar-refractivity contribution >= 4 is 11.6 Å². The summed E-state index contributed by atoms with van der Waals surface area (Å²) in [5, 5.41) is 0. The molecule has 3 nitrogen and oxygen atoms in total. The molecular weight excluding hydrogens is 212 g/mol. The van der Waals surface area contributed by atoms with E-state index in [9.17, 15) is 4.79 Å². The highest BCUT2D eigenvalue weighted by Crippen LogP contribution is 2.22. The van der Waals surface area contributed by atoms with Crippen LogP contribution in [-0.4, -0.2) is 23.9 Å². The summed E-state index contributed by atoms with van der Waals surface area (Å²) in [4.78, 5) is 14.3. The Bertz CT molecular complexity index is 406. The molecule has 2 N–H and O–H groups in total. The van der Waals surface area contributed by atoms with E-state index in [2.05, 4.69) is 13.8 Å². The van der Waals surface area contributed by atoms with Crippen LogP contribution in [0.3, 0.4) is 0 Å². The number of likely N-dealkylation sites (tertiary alicyclic amines) is 1. The van der Waals surface area contributed by atoms with Crippen molar-refractivity contribution in [3.8, 4) is 0 Å². The lowest BCUT2D eigenvalue weighted by molar-refractivity contribution is 0.0623. The molecule has 1 heterocycles. The number of nitrogens with zero attached hydrogens (tertiary/aromatic N) is 1. The van der Waals surface area contributed by atoms with E-state index in [-0.39, 0.29) is 5.91 Å². The summed E-state index contributed by atoms with van der Waals surface area (Å²) in [6.07, 6.45) is 1.21. The Morgan fingerprint density at radius 1 is 1.29 bits per heavy atom. The molecule has 1 fully saturated rings. The minimum absolute atomic E-state index is 0.107. The second-order valence-electron chi connectivity index (χ2n) is 5.28. The lowest BCUT2D eigenvalue weighted by Crippen LogP contribution is -2.42. The lowest BCUT2D eigenvalue weighted by Gasteiger charge is -2.35. The Balaban J connectivity index is 2.14. The third-order valence-corrected chi connectivity index (χ3v) is 3.29. The Kier molecular flexibility index (Phi) is 3.36. The van der Waals surface area contributed by atoms with Crippen LogP contribution in [-0.2, 0) is 0 Å². The Labute approximate surface area is 103 Å². The Hall–Kier alpha value is -1.51. The second kappa shape index (κ2) is 4.78. The van der Waals surface area contributed by atoms with Crippen molar-refractivity contribution in [3.63, 3.8) is 0 Å². The van der Waals surface area contributed by atoms with Gasteiger partial charge in [-0.25, -0.2) is 0 Å². The first-order valence-electron chi connectivity index (χ1n) is 6.21. The van der Waals surface area contributed by atoms with Gasteiger partial charge in [0.2, 0.25) is 0 Å². The van der Waals surface area contributed by atoms with Crippen molar-refractivity contribution in [2.75, 3.05) is 18.8 Å². The summed E-state index contributed by atoms with van der Waals surface area (Å²) in [6, 6.07) is 7.23. The van der Waals surface area contributed by atoms with Gasteiger partial charge < -0.3 is 10.6 Å². The van der Waals surface area contributed by atoms with Crippen LogP contribution in [0.5, 0.6) is 0 Å². The molecule has 0 saturated carbocycles. The number of piperidine rings is 1. The van der Waals surface area contributed by atoms with Gasteiger partial charge in [0.15, 0.2) is 0 Å². The average molecular weight is 232 g/mol. The van der Waals surface area contributed by atoms with Gasteiger partial charge in [0.25, 0.3) is 5.91 Å². The van der Waals surface area contributed by atoms with Gasteiger partial charge in [-0.2, -0.15) is 0 Å². The van der Waals surface area contributed by atoms with Gasteiger partial charge in [-0.3, -0.25) is 4.79 Å². The van der Waals surface area contributed by atoms with Gasteiger partial charge in [-0.1, -0.05) is 19.9 Å². The first kappa shape index (κ1) is 12.0. The number of carbonyl (C=O) groups is 1. The normalized spacial score (nSPS) is 24.7. The number of benzene rings is 1. The van der Waals surface area contributed by atoms with Crippen molar-refractivity contribution < 1.29 is 4.79 Å². The SMILES string of the molecule is CC1CC(C)CN(C(=O)c2cccc(N)c2)C1.